The molecule has 0 radical (unpaired) electrons. The first-order valence-corrected chi connectivity index (χ1v) is 5.16. The Kier molecular flexibility index (Phi) is 2.86. The number of carbonyl (C=O) groups excluding carboxylic acids is 1. The Bertz CT molecular complexity index is 367. The largest absolute Gasteiger partial charge is 0.435 e. The number of esters is 1. The summed E-state index contributed by atoms with van der Waals surface area (Å²) in [4.78, 5) is 10.5. The normalized spacial score (nSPS) is 24.1. The molecule has 1 aliphatic carbocycles. The molecule has 1 aliphatic rings. The number of rotatable bonds is 3. The number of hydrogen-bond acceptors (Lipinski definition) is 2. The van der Waals surface area contributed by atoms with Gasteiger partial charge in [-0.2, -0.15) is 0 Å². The Hall–Kier alpha value is -1.57. The van der Waals surface area contributed by atoms with Crippen LogP contribution >= 0.6 is 0 Å². The van der Waals surface area contributed by atoms with Gasteiger partial charge in [0.2, 0.25) is 0 Å². The van der Waals surface area contributed by atoms with E-state index in [1.165, 1.54) is 18.7 Å². The van der Waals surface area contributed by atoms with E-state index < -0.39 is 0 Å². The van der Waals surface area contributed by atoms with E-state index >= 15 is 0 Å². The molecule has 2 nitrogen and oxygen atoms in total. The van der Waals surface area contributed by atoms with Crippen LogP contribution in [-0.2, 0) is 9.53 Å². The van der Waals surface area contributed by atoms with Crippen molar-refractivity contribution in [2.24, 2.45) is 5.92 Å². The number of carbonyl (C=O) groups is 1. The Labute approximate surface area is 89.6 Å². The number of benzene rings is 1. The van der Waals surface area contributed by atoms with E-state index in [9.17, 15) is 4.79 Å². The predicted octanol–water partition coefficient (Wildman–Crippen LogP) is 2.87. The monoisotopic (exact) mass is 202 g/mol. The molecule has 1 saturated carbocycles. The van der Waals surface area contributed by atoms with E-state index in [1.807, 2.05) is 12.1 Å². The summed E-state index contributed by atoms with van der Waals surface area (Å²) in [6.07, 6.45) is 4.64. The van der Waals surface area contributed by atoms with Crippen molar-refractivity contribution < 1.29 is 9.53 Å². The fourth-order valence-electron chi connectivity index (χ4n) is 1.75. The van der Waals surface area contributed by atoms with Gasteiger partial charge in [-0.3, -0.25) is 4.79 Å². The lowest BCUT2D eigenvalue weighted by Gasteiger charge is -1.96. The van der Waals surface area contributed by atoms with Crippen LogP contribution in [0.25, 0.3) is 0 Å². The van der Waals surface area contributed by atoms with Crippen molar-refractivity contribution in [2.45, 2.75) is 19.3 Å². The van der Waals surface area contributed by atoms with Gasteiger partial charge < -0.3 is 4.74 Å². The summed E-state index contributed by atoms with van der Waals surface area (Å²) < 4.78 is 4.76. The highest BCUT2D eigenvalue weighted by Gasteiger charge is 2.35. The van der Waals surface area contributed by atoms with Crippen LogP contribution in [0.1, 0.15) is 24.8 Å². The molecule has 0 aliphatic heterocycles. The van der Waals surface area contributed by atoms with E-state index in [2.05, 4.69) is 24.3 Å². The summed E-state index contributed by atoms with van der Waals surface area (Å²) in [5.41, 5.74) is 1.37. The molecule has 2 rings (SSSR count). The topological polar surface area (TPSA) is 26.3 Å². The zero-order valence-corrected chi connectivity index (χ0v) is 8.72. The summed E-state index contributed by atoms with van der Waals surface area (Å²) in [6.45, 7) is 1.41. The van der Waals surface area contributed by atoms with Crippen molar-refractivity contribution in [1.82, 2.24) is 0 Å². The number of allylic oxidation sites excluding steroid dienone is 1. The maximum atomic E-state index is 10.5. The highest BCUT2D eigenvalue weighted by atomic mass is 16.5. The van der Waals surface area contributed by atoms with Crippen LogP contribution in [0.2, 0.25) is 0 Å². The van der Waals surface area contributed by atoms with Crippen LogP contribution in [0, 0.1) is 5.92 Å². The van der Waals surface area contributed by atoms with Gasteiger partial charge in [-0.05, 0) is 29.9 Å². The van der Waals surface area contributed by atoms with Crippen LogP contribution in [0.5, 0.6) is 0 Å². The Morgan fingerprint density at radius 2 is 2.13 bits per heavy atom. The molecule has 0 amide bonds. The molecule has 0 bridgehead atoms. The van der Waals surface area contributed by atoms with Gasteiger partial charge in [-0.1, -0.05) is 30.3 Å². The van der Waals surface area contributed by atoms with Gasteiger partial charge in [-0.25, -0.2) is 0 Å². The van der Waals surface area contributed by atoms with E-state index in [0.29, 0.717) is 11.8 Å². The molecule has 0 aromatic heterocycles. The van der Waals surface area contributed by atoms with Crippen molar-refractivity contribution >= 4 is 5.97 Å². The van der Waals surface area contributed by atoms with E-state index in [0.717, 1.165) is 6.42 Å². The lowest BCUT2D eigenvalue weighted by molar-refractivity contribution is -0.135. The first kappa shape index (κ1) is 9.97. The molecule has 0 heterocycles. The van der Waals surface area contributed by atoms with Crippen molar-refractivity contribution in [1.29, 1.82) is 0 Å². The van der Waals surface area contributed by atoms with Crippen LogP contribution in [0.3, 0.4) is 0 Å². The summed E-state index contributed by atoms with van der Waals surface area (Å²) in [6, 6.07) is 10.4. The molecule has 0 spiro atoms. The molecule has 2 heteroatoms. The van der Waals surface area contributed by atoms with Gasteiger partial charge in [0.25, 0.3) is 0 Å². The highest BCUT2D eigenvalue weighted by molar-refractivity contribution is 5.66. The minimum absolute atomic E-state index is 0.261. The number of hydrogen-bond donors (Lipinski definition) is 0. The molecular formula is C13H14O2. The lowest BCUT2D eigenvalue weighted by Crippen LogP contribution is -1.89. The molecule has 15 heavy (non-hydrogen) atoms. The van der Waals surface area contributed by atoms with Gasteiger partial charge in [0, 0.05) is 6.92 Å². The van der Waals surface area contributed by atoms with Gasteiger partial charge >= 0.3 is 5.97 Å². The molecule has 1 aromatic carbocycles. The average Bonchev–Trinajstić information content (AvgIpc) is 2.98. The minimum atomic E-state index is -0.261. The quantitative estimate of drug-likeness (QED) is 0.556. The Balaban J connectivity index is 1.86. The fraction of sp³-hybridized carbons (Fsp3) is 0.308. The zero-order chi connectivity index (χ0) is 10.7. The second kappa shape index (κ2) is 4.30. The van der Waals surface area contributed by atoms with Crippen molar-refractivity contribution in [2.75, 3.05) is 0 Å². The van der Waals surface area contributed by atoms with E-state index in [-0.39, 0.29) is 5.97 Å². The smallest absolute Gasteiger partial charge is 0.307 e. The third-order valence-electron chi connectivity index (χ3n) is 2.63. The molecule has 0 unspecified atom stereocenters. The first-order valence-electron chi connectivity index (χ1n) is 5.16. The Morgan fingerprint density at radius 3 is 2.80 bits per heavy atom. The standard InChI is InChI=1S/C13H14O2/c1-10(14)15-8-7-12-9-13(12)11-5-3-2-4-6-11/h2-8,12-13H,9H2,1H3/b8-7-/t12-,13+/m1/s1. The van der Waals surface area contributed by atoms with Gasteiger partial charge in [-0.15, -0.1) is 0 Å². The molecule has 2 atom stereocenters. The zero-order valence-electron chi connectivity index (χ0n) is 8.72. The first-order chi connectivity index (χ1) is 7.27. The summed E-state index contributed by atoms with van der Waals surface area (Å²) in [5, 5.41) is 0. The third-order valence-corrected chi connectivity index (χ3v) is 2.63. The molecular weight excluding hydrogens is 188 g/mol. The van der Waals surface area contributed by atoms with Gasteiger partial charge in [0.15, 0.2) is 0 Å². The lowest BCUT2D eigenvalue weighted by atomic mass is 10.1. The summed E-state index contributed by atoms with van der Waals surface area (Å²) >= 11 is 0. The SMILES string of the molecule is CC(=O)O/C=C\[C@@H]1C[C@H]1c1ccccc1. The van der Waals surface area contributed by atoms with Crippen LogP contribution < -0.4 is 0 Å². The maximum Gasteiger partial charge on any atom is 0.307 e. The van der Waals surface area contributed by atoms with Crippen LogP contribution in [-0.4, -0.2) is 5.97 Å². The molecule has 0 saturated heterocycles. The van der Waals surface area contributed by atoms with Crippen molar-refractivity contribution in [3.8, 4) is 0 Å². The van der Waals surface area contributed by atoms with E-state index in [4.69, 9.17) is 4.74 Å². The molecule has 78 valence electrons. The minimum Gasteiger partial charge on any atom is -0.435 e. The molecule has 1 fully saturated rings. The number of ether oxygens (including phenoxy) is 1. The Morgan fingerprint density at radius 1 is 1.40 bits per heavy atom. The van der Waals surface area contributed by atoms with Crippen LogP contribution in [0.4, 0.5) is 0 Å². The molecule has 1 aromatic rings. The maximum absolute atomic E-state index is 10.5. The van der Waals surface area contributed by atoms with Gasteiger partial charge in [0.05, 0.1) is 6.26 Å². The summed E-state index contributed by atoms with van der Waals surface area (Å²) in [7, 11) is 0. The van der Waals surface area contributed by atoms with Crippen molar-refractivity contribution in [3.05, 3.63) is 48.2 Å². The van der Waals surface area contributed by atoms with E-state index in [1.54, 1.807) is 0 Å². The molecule has 0 N–H and O–H groups in total. The third kappa shape index (κ3) is 2.69. The average molecular weight is 202 g/mol. The highest BCUT2D eigenvalue weighted by Crippen LogP contribution is 2.48. The summed E-state index contributed by atoms with van der Waals surface area (Å²) in [5.74, 6) is 0.882. The van der Waals surface area contributed by atoms with Crippen molar-refractivity contribution in [3.63, 3.8) is 0 Å². The predicted molar refractivity (Wildman–Crippen MR) is 58.2 cm³/mol. The second-order valence-electron chi connectivity index (χ2n) is 3.85. The fourth-order valence-corrected chi connectivity index (χ4v) is 1.75. The van der Waals surface area contributed by atoms with Crippen LogP contribution in [0.15, 0.2) is 42.7 Å². The second-order valence-corrected chi connectivity index (χ2v) is 3.85. The van der Waals surface area contributed by atoms with Gasteiger partial charge in [0.1, 0.15) is 0 Å².